The SMILES string of the molecule is Nc1nnc(-c2ccccc2O)cc1N1CC2CCC(C1)N2c1ccnc(C#CCN2CCC3(CCCO3)C2)c1. The van der Waals surface area contributed by atoms with Crippen LogP contribution in [-0.2, 0) is 4.74 Å². The van der Waals surface area contributed by atoms with Gasteiger partial charge in [0.25, 0.3) is 0 Å². The molecule has 4 saturated heterocycles. The number of piperazine rings is 1. The summed E-state index contributed by atoms with van der Waals surface area (Å²) in [5.41, 5.74) is 10.5. The quantitative estimate of drug-likeness (QED) is 0.485. The molecule has 4 fully saturated rings. The van der Waals surface area contributed by atoms with E-state index in [2.05, 4.69) is 53.9 Å². The van der Waals surface area contributed by atoms with Crippen LogP contribution >= 0.6 is 0 Å². The van der Waals surface area contributed by atoms with Crippen LogP contribution in [0.2, 0.25) is 0 Å². The minimum atomic E-state index is 0.0865. The summed E-state index contributed by atoms with van der Waals surface area (Å²) < 4.78 is 6.04. The zero-order chi connectivity index (χ0) is 27.1. The van der Waals surface area contributed by atoms with E-state index in [1.807, 2.05) is 24.4 Å². The lowest BCUT2D eigenvalue weighted by molar-refractivity contribution is 0.0137. The van der Waals surface area contributed by atoms with E-state index in [4.69, 9.17) is 10.5 Å². The first-order valence-electron chi connectivity index (χ1n) is 14.3. The maximum Gasteiger partial charge on any atom is 0.169 e. The first kappa shape index (κ1) is 25.1. The number of nitrogens with two attached hydrogens (primary N) is 1. The van der Waals surface area contributed by atoms with Crippen molar-refractivity contribution in [1.82, 2.24) is 20.1 Å². The smallest absolute Gasteiger partial charge is 0.169 e. The number of anilines is 3. The number of para-hydroxylation sites is 1. The van der Waals surface area contributed by atoms with Gasteiger partial charge in [-0.3, -0.25) is 4.90 Å². The lowest BCUT2D eigenvalue weighted by atomic mass is 10.00. The average Bonchev–Trinajstić information content (AvgIpc) is 3.67. The fourth-order valence-electron chi connectivity index (χ4n) is 7.02. The van der Waals surface area contributed by atoms with Gasteiger partial charge in [0.05, 0.1) is 23.5 Å². The number of hydrogen-bond donors (Lipinski definition) is 2. The molecule has 3 atom stereocenters. The second-order valence-corrected chi connectivity index (χ2v) is 11.5. The van der Waals surface area contributed by atoms with Crippen LogP contribution in [-0.4, -0.2) is 82.2 Å². The van der Waals surface area contributed by atoms with Crippen molar-refractivity contribution in [1.29, 1.82) is 0 Å². The molecule has 2 aromatic heterocycles. The predicted octanol–water partition coefficient (Wildman–Crippen LogP) is 3.29. The van der Waals surface area contributed by atoms with Crippen LogP contribution in [0, 0.1) is 11.8 Å². The van der Waals surface area contributed by atoms with Crippen LogP contribution in [0.25, 0.3) is 11.3 Å². The predicted molar refractivity (Wildman–Crippen MR) is 155 cm³/mol. The summed E-state index contributed by atoms with van der Waals surface area (Å²) in [6, 6.07) is 14.1. The number of aromatic nitrogens is 3. The number of nitrogens with zero attached hydrogens (tertiary/aromatic N) is 6. The molecule has 0 saturated carbocycles. The van der Waals surface area contributed by atoms with Gasteiger partial charge in [0.2, 0.25) is 0 Å². The van der Waals surface area contributed by atoms with Gasteiger partial charge in [-0.25, -0.2) is 4.98 Å². The van der Waals surface area contributed by atoms with E-state index in [0.717, 1.165) is 70.0 Å². The summed E-state index contributed by atoms with van der Waals surface area (Å²) in [4.78, 5) is 11.8. The topological polar surface area (TPSA) is 104 Å². The number of pyridine rings is 1. The van der Waals surface area contributed by atoms with Gasteiger partial charge in [-0.2, -0.15) is 0 Å². The van der Waals surface area contributed by atoms with Crippen molar-refractivity contribution in [2.45, 2.75) is 49.8 Å². The monoisotopic (exact) mass is 537 g/mol. The van der Waals surface area contributed by atoms with Crippen molar-refractivity contribution < 1.29 is 9.84 Å². The Bertz CT molecular complexity index is 1450. The molecule has 1 spiro atoms. The Morgan fingerprint density at radius 3 is 2.73 bits per heavy atom. The van der Waals surface area contributed by atoms with Gasteiger partial charge in [-0.1, -0.05) is 18.1 Å². The number of phenolic OH excluding ortho intramolecular Hbond substituents is 1. The van der Waals surface area contributed by atoms with Crippen LogP contribution in [0.1, 0.15) is 37.8 Å². The fraction of sp³-hybridized carbons (Fsp3) is 0.452. The highest BCUT2D eigenvalue weighted by Crippen LogP contribution is 2.39. The third-order valence-electron chi connectivity index (χ3n) is 8.95. The molecule has 9 nitrogen and oxygen atoms in total. The number of nitrogen functional groups attached to an aromatic ring is 1. The van der Waals surface area contributed by atoms with Crippen LogP contribution in [0.3, 0.4) is 0 Å². The minimum absolute atomic E-state index is 0.0865. The second-order valence-electron chi connectivity index (χ2n) is 11.5. The molecular weight excluding hydrogens is 502 g/mol. The van der Waals surface area contributed by atoms with Gasteiger partial charge in [0.1, 0.15) is 11.4 Å². The number of likely N-dealkylation sites (tertiary alicyclic amines) is 1. The summed E-state index contributed by atoms with van der Waals surface area (Å²) in [5.74, 6) is 7.27. The zero-order valence-corrected chi connectivity index (χ0v) is 22.7. The van der Waals surface area contributed by atoms with Crippen LogP contribution in [0.5, 0.6) is 5.75 Å². The summed E-state index contributed by atoms with van der Waals surface area (Å²) in [5, 5.41) is 18.8. The molecule has 7 rings (SSSR count). The molecule has 40 heavy (non-hydrogen) atoms. The summed E-state index contributed by atoms with van der Waals surface area (Å²) in [7, 11) is 0. The Kier molecular flexibility index (Phi) is 6.45. The van der Waals surface area contributed by atoms with Gasteiger partial charge in [0.15, 0.2) is 5.82 Å². The van der Waals surface area contributed by atoms with Gasteiger partial charge >= 0.3 is 0 Å². The molecule has 0 radical (unpaired) electrons. The lowest BCUT2D eigenvalue weighted by Gasteiger charge is -2.43. The maximum atomic E-state index is 10.3. The zero-order valence-electron chi connectivity index (χ0n) is 22.7. The third kappa shape index (κ3) is 4.72. The van der Waals surface area contributed by atoms with Gasteiger partial charge in [0, 0.05) is 62.3 Å². The molecule has 206 valence electrons. The number of ether oxygens (including phenoxy) is 1. The van der Waals surface area contributed by atoms with Crippen molar-refractivity contribution >= 4 is 17.2 Å². The van der Waals surface area contributed by atoms with E-state index in [-0.39, 0.29) is 11.4 Å². The molecule has 9 heteroatoms. The molecule has 4 aliphatic heterocycles. The normalized spacial score (nSPS) is 25.9. The first-order valence-corrected chi connectivity index (χ1v) is 14.3. The Balaban J connectivity index is 1.05. The Morgan fingerprint density at radius 2 is 1.93 bits per heavy atom. The molecule has 4 aliphatic rings. The summed E-state index contributed by atoms with van der Waals surface area (Å²) in [6.07, 6.45) is 7.60. The number of phenols is 1. The molecule has 3 N–H and O–H groups in total. The van der Waals surface area contributed by atoms with Crippen molar-refractivity contribution in [3.63, 3.8) is 0 Å². The maximum absolute atomic E-state index is 10.3. The highest BCUT2D eigenvalue weighted by atomic mass is 16.5. The van der Waals surface area contributed by atoms with E-state index < -0.39 is 0 Å². The van der Waals surface area contributed by atoms with E-state index in [1.165, 1.54) is 18.5 Å². The number of benzene rings is 1. The first-order chi connectivity index (χ1) is 19.6. The van der Waals surface area contributed by atoms with E-state index in [1.54, 1.807) is 12.1 Å². The molecule has 2 bridgehead atoms. The standard InChI is InChI=1S/C31H35N7O2/c32-30-28(18-27(34-35-30)26-6-1-2-7-29(26)39)37-19-24-8-9-25(20-37)38(24)23-10-13-33-22(17-23)5-3-14-36-15-12-31(21-36)11-4-16-40-31/h1-2,6-7,10,13,17-18,24-25,39H,4,8-9,11-12,14-16,19-21H2,(H2,32,35). The summed E-state index contributed by atoms with van der Waals surface area (Å²) >= 11 is 0. The Morgan fingerprint density at radius 1 is 1.07 bits per heavy atom. The van der Waals surface area contributed by atoms with Gasteiger partial charge in [-0.15, -0.1) is 10.2 Å². The number of aromatic hydroxyl groups is 1. The molecule has 3 aromatic rings. The fourth-order valence-corrected chi connectivity index (χ4v) is 7.02. The second kappa shape index (κ2) is 10.3. The largest absolute Gasteiger partial charge is 0.507 e. The number of hydrogen-bond acceptors (Lipinski definition) is 9. The highest BCUT2D eigenvalue weighted by molar-refractivity contribution is 5.74. The highest BCUT2D eigenvalue weighted by Gasteiger charge is 2.42. The van der Waals surface area contributed by atoms with E-state index in [9.17, 15) is 5.11 Å². The van der Waals surface area contributed by atoms with E-state index in [0.29, 0.717) is 29.2 Å². The van der Waals surface area contributed by atoms with Crippen molar-refractivity contribution in [2.24, 2.45) is 0 Å². The average molecular weight is 538 g/mol. The summed E-state index contributed by atoms with van der Waals surface area (Å²) in [6.45, 7) is 5.39. The molecular formula is C31H35N7O2. The van der Waals surface area contributed by atoms with Crippen LogP contribution < -0.4 is 15.5 Å². The number of rotatable bonds is 4. The van der Waals surface area contributed by atoms with Crippen LogP contribution in [0.4, 0.5) is 17.2 Å². The van der Waals surface area contributed by atoms with Crippen LogP contribution in [0.15, 0.2) is 48.7 Å². The van der Waals surface area contributed by atoms with E-state index >= 15 is 0 Å². The molecule has 6 heterocycles. The number of fused-ring (bicyclic) bond motifs is 2. The third-order valence-corrected chi connectivity index (χ3v) is 8.95. The van der Waals surface area contributed by atoms with Crippen molar-refractivity contribution in [3.8, 4) is 28.8 Å². The molecule has 1 aromatic carbocycles. The molecule has 0 aliphatic carbocycles. The van der Waals surface area contributed by atoms with Crippen molar-refractivity contribution in [2.75, 3.05) is 54.9 Å². The van der Waals surface area contributed by atoms with Gasteiger partial charge < -0.3 is 25.4 Å². The Hall–Kier alpha value is -3.87. The van der Waals surface area contributed by atoms with Gasteiger partial charge in [-0.05, 0) is 68.4 Å². The minimum Gasteiger partial charge on any atom is -0.507 e. The molecule has 3 unspecified atom stereocenters. The lowest BCUT2D eigenvalue weighted by Crippen LogP contribution is -2.54. The Labute approximate surface area is 235 Å². The molecule has 0 amide bonds. The van der Waals surface area contributed by atoms with Crippen molar-refractivity contribution in [3.05, 3.63) is 54.4 Å².